The topological polar surface area (TPSA) is 25.4 Å². The van der Waals surface area contributed by atoms with E-state index in [1.807, 2.05) is 13.1 Å². The number of likely N-dealkylation sites (N-methyl/N-ethyl adjacent to an activating group) is 1. The van der Waals surface area contributed by atoms with Crippen LogP contribution in [0.5, 0.6) is 0 Å². The van der Waals surface area contributed by atoms with Crippen LogP contribution in [0, 0.1) is 5.92 Å². The van der Waals surface area contributed by atoms with Crippen molar-refractivity contribution in [2.24, 2.45) is 5.92 Å². The molecule has 1 heterocycles. The van der Waals surface area contributed by atoms with E-state index in [1.54, 1.807) is 6.07 Å². The molecule has 2 rings (SSSR count). The molecule has 0 unspecified atom stereocenters. The van der Waals surface area contributed by atoms with Gasteiger partial charge in [0.2, 0.25) is 0 Å². The maximum Gasteiger partial charge on any atom is 0.135 e. The molecule has 0 radical (unpaired) electrons. The van der Waals surface area contributed by atoms with Crippen LogP contribution in [0.15, 0.2) is 12.1 Å². The van der Waals surface area contributed by atoms with Gasteiger partial charge >= 0.3 is 0 Å². The quantitative estimate of drug-likeness (QED) is 0.569. The Labute approximate surface area is 118 Å². The van der Waals surface area contributed by atoms with Gasteiger partial charge in [0.15, 0.2) is 0 Å². The van der Waals surface area contributed by atoms with Crippen molar-refractivity contribution in [3.05, 3.63) is 28.0 Å². The minimum absolute atomic E-state index is 0.430. The number of hydrogen-bond donors (Lipinski definition) is 0. The van der Waals surface area contributed by atoms with Crippen molar-refractivity contribution >= 4 is 23.2 Å². The van der Waals surface area contributed by atoms with Gasteiger partial charge in [-0.1, -0.05) is 29.3 Å². The van der Waals surface area contributed by atoms with Crippen molar-refractivity contribution in [2.75, 3.05) is 26.8 Å². The van der Waals surface area contributed by atoms with E-state index in [-0.39, 0.29) is 0 Å². The van der Waals surface area contributed by atoms with Gasteiger partial charge in [-0.3, -0.25) is 4.90 Å². The third kappa shape index (κ3) is 4.73. The van der Waals surface area contributed by atoms with Crippen molar-refractivity contribution in [2.45, 2.75) is 19.4 Å². The second-order valence-electron chi connectivity index (χ2n) is 4.84. The van der Waals surface area contributed by atoms with Crippen LogP contribution in [0.3, 0.4) is 0 Å². The fourth-order valence-corrected chi connectivity index (χ4v) is 2.09. The van der Waals surface area contributed by atoms with E-state index in [4.69, 9.17) is 27.9 Å². The smallest absolute Gasteiger partial charge is 0.135 e. The Hall–Kier alpha value is -0.350. The fraction of sp³-hybridized carbons (Fsp3) is 0.615. The highest BCUT2D eigenvalue weighted by Crippen LogP contribution is 2.28. The standard InChI is InChI=1S/C13H18Cl2N2O/c1-17(6-7-18-9-10-2-3-10)8-11-4-5-12(14)16-13(11)15/h4-5,10H,2-3,6-9H2,1H3. The van der Waals surface area contributed by atoms with Crippen molar-refractivity contribution in [3.63, 3.8) is 0 Å². The zero-order chi connectivity index (χ0) is 13.0. The average molecular weight is 289 g/mol. The number of aromatic nitrogens is 1. The summed E-state index contributed by atoms with van der Waals surface area (Å²) >= 11 is 11.8. The van der Waals surface area contributed by atoms with Gasteiger partial charge < -0.3 is 4.74 Å². The number of nitrogens with zero attached hydrogens (tertiary/aromatic N) is 2. The number of ether oxygens (including phenoxy) is 1. The van der Waals surface area contributed by atoms with Gasteiger partial charge in [-0.25, -0.2) is 4.98 Å². The maximum absolute atomic E-state index is 6.03. The molecular weight excluding hydrogens is 271 g/mol. The number of hydrogen-bond acceptors (Lipinski definition) is 3. The monoisotopic (exact) mass is 288 g/mol. The summed E-state index contributed by atoms with van der Waals surface area (Å²) in [5.41, 5.74) is 0.991. The maximum atomic E-state index is 6.03. The van der Waals surface area contributed by atoms with E-state index >= 15 is 0 Å². The van der Waals surface area contributed by atoms with E-state index in [0.29, 0.717) is 10.3 Å². The highest BCUT2D eigenvalue weighted by molar-refractivity contribution is 6.32. The summed E-state index contributed by atoms with van der Waals surface area (Å²) in [6.45, 7) is 3.34. The van der Waals surface area contributed by atoms with Crippen molar-refractivity contribution < 1.29 is 4.74 Å². The Bertz CT molecular complexity index is 397. The van der Waals surface area contributed by atoms with Crippen LogP contribution >= 0.6 is 23.2 Å². The van der Waals surface area contributed by atoms with E-state index in [9.17, 15) is 0 Å². The molecule has 100 valence electrons. The van der Waals surface area contributed by atoms with Crippen LogP contribution in [0.25, 0.3) is 0 Å². The van der Waals surface area contributed by atoms with Crippen LogP contribution in [0.2, 0.25) is 10.3 Å². The lowest BCUT2D eigenvalue weighted by atomic mass is 10.2. The van der Waals surface area contributed by atoms with Crippen LogP contribution in [0.4, 0.5) is 0 Å². The predicted octanol–water partition coefficient (Wildman–Crippen LogP) is 3.25. The van der Waals surface area contributed by atoms with Crippen molar-refractivity contribution in [3.8, 4) is 0 Å². The summed E-state index contributed by atoms with van der Waals surface area (Å²) in [5, 5.41) is 0.910. The summed E-state index contributed by atoms with van der Waals surface area (Å²) in [7, 11) is 2.05. The van der Waals surface area contributed by atoms with Gasteiger partial charge in [0.1, 0.15) is 10.3 Å². The van der Waals surface area contributed by atoms with Crippen LogP contribution < -0.4 is 0 Å². The Balaban J connectivity index is 1.70. The molecule has 5 heteroatoms. The molecule has 0 spiro atoms. The van der Waals surface area contributed by atoms with E-state index < -0.39 is 0 Å². The predicted molar refractivity (Wildman–Crippen MR) is 74.1 cm³/mol. The molecule has 18 heavy (non-hydrogen) atoms. The number of halogens is 2. The zero-order valence-corrected chi connectivity index (χ0v) is 12.0. The van der Waals surface area contributed by atoms with E-state index in [2.05, 4.69) is 9.88 Å². The molecule has 0 amide bonds. The van der Waals surface area contributed by atoms with Gasteiger partial charge in [-0.05, 0) is 31.9 Å². The lowest BCUT2D eigenvalue weighted by Crippen LogP contribution is -2.23. The molecule has 0 atom stereocenters. The van der Waals surface area contributed by atoms with E-state index in [0.717, 1.165) is 37.8 Å². The Morgan fingerprint density at radius 2 is 2.17 bits per heavy atom. The highest BCUT2D eigenvalue weighted by Gasteiger charge is 2.20. The summed E-state index contributed by atoms with van der Waals surface area (Å²) in [5.74, 6) is 0.824. The Kier molecular flexibility index (Phi) is 5.25. The first-order valence-corrected chi connectivity index (χ1v) is 6.98. The van der Waals surface area contributed by atoms with Crippen LogP contribution in [0.1, 0.15) is 18.4 Å². The number of pyridine rings is 1. The minimum Gasteiger partial charge on any atom is -0.380 e. The first kappa shape index (κ1) is 14.1. The van der Waals surface area contributed by atoms with Crippen LogP contribution in [-0.4, -0.2) is 36.7 Å². The molecule has 0 aliphatic heterocycles. The second-order valence-corrected chi connectivity index (χ2v) is 5.59. The largest absolute Gasteiger partial charge is 0.380 e. The van der Waals surface area contributed by atoms with E-state index in [1.165, 1.54) is 12.8 Å². The average Bonchev–Trinajstić information content (AvgIpc) is 3.12. The first-order chi connectivity index (χ1) is 8.65. The molecular formula is C13H18Cl2N2O. The normalized spacial score (nSPS) is 15.3. The van der Waals surface area contributed by atoms with Crippen molar-refractivity contribution in [1.82, 2.24) is 9.88 Å². The molecule has 1 aromatic heterocycles. The second kappa shape index (κ2) is 6.71. The molecule has 0 bridgehead atoms. The molecule has 0 N–H and O–H groups in total. The highest BCUT2D eigenvalue weighted by atomic mass is 35.5. The minimum atomic E-state index is 0.430. The molecule has 0 aromatic carbocycles. The third-order valence-corrected chi connectivity index (χ3v) is 3.54. The van der Waals surface area contributed by atoms with Crippen LogP contribution in [-0.2, 0) is 11.3 Å². The molecule has 1 fully saturated rings. The summed E-state index contributed by atoms with van der Waals surface area (Å²) in [4.78, 5) is 6.20. The van der Waals surface area contributed by atoms with Crippen molar-refractivity contribution in [1.29, 1.82) is 0 Å². The van der Waals surface area contributed by atoms with Gasteiger partial charge in [0.05, 0.1) is 6.61 Å². The Morgan fingerprint density at radius 1 is 1.39 bits per heavy atom. The summed E-state index contributed by atoms with van der Waals surface area (Å²) in [6.07, 6.45) is 2.67. The molecule has 3 nitrogen and oxygen atoms in total. The van der Waals surface area contributed by atoms with Gasteiger partial charge in [-0.2, -0.15) is 0 Å². The first-order valence-electron chi connectivity index (χ1n) is 6.22. The molecule has 1 saturated carbocycles. The third-order valence-electron chi connectivity index (χ3n) is 3.00. The summed E-state index contributed by atoms with van der Waals surface area (Å²) < 4.78 is 5.60. The lowest BCUT2D eigenvalue weighted by Gasteiger charge is -2.17. The van der Waals surface area contributed by atoms with Gasteiger partial charge in [0.25, 0.3) is 0 Å². The van der Waals surface area contributed by atoms with Gasteiger partial charge in [-0.15, -0.1) is 0 Å². The molecule has 1 aromatic rings. The fourth-order valence-electron chi connectivity index (χ4n) is 1.68. The molecule has 1 aliphatic rings. The molecule has 1 aliphatic carbocycles. The lowest BCUT2D eigenvalue weighted by molar-refractivity contribution is 0.102. The SMILES string of the molecule is CN(CCOCC1CC1)Cc1ccc(Cl)nc1Cl. The Morgan fingerprint density at radius 3 is 2.83 bits per heavy atom. The number of rotatable bonds is 7. The molecule has 0 saturated heterocycles. The van der Waals surface area contributed by atoms with Gasteiger partial charge in [0, 0.05) is 25.3 Å². The summed E-state index contributed by atoms with van der Waals surface area (Å²) in [6, 6.07) is 3.68. The zero-order valence-electron chi connectivity index (χ0n) is 10.5.